The number of nitrogens with zero attached hydrogens (tertiary/aromatic N) is 2. The van der Waals surface area contributed by atoms with Gasteiger partial charge in [0.05, 0.1) is 11.4 Å². The fourth-order valence-electron chi connectivity index (χ4n) is 7.40. The van der Waals surface area contributed by atoms with E-state index in [2.05, 4.69) is 152 Å². The Balaban J connectivity index is 1.14. The van der Waals surface area contributed by atoms with Crippen LogP contribution in [0.25, 0.3) is 66.7 Å². The molecule has 1 unspecified atom stereocenters. The lowest BCUT2D eigenvalue weighted by atomic mass is 9.88. The molecule has 1 heterocycles. The SMILES string of the molecule is C1=CC(c2c(-c3ccccc3)nc(C3C=CC(c4ccc5c6c(cccc46)-c4ccccc4-5)=CC3)nc2-c2ccccc2)=CCC1. The predicted octanol–water partition coefficient (Wildman–Crippen LogP) is 11.5. The van der Waals surface area contributed by atoms with Gasteiger partial charge in [-0.1, -0.05) is 152 Å². The fraction of sp³-hybridized carbons (Fsp3) is 0.0909. The van der Waals surface area contributed by atoms with E-state index in [0.717, 1.165) is 53.2 Å². The van der Waals surface area contributed by atoms with Gasteiger partial charge in [0.25, 0.3) is 0 Å². The second-order valence-electron chi connectivity index (χ2n) is 12.3. The van der Waals surface area contributed by atoms with Crippen LogP contribution in [0, 0.1) is 0 Å². The molecule has 9 rings (SSSR count). The van der Waals surface area contributed by atoms with E-state index in [1.54, 1.807) is 0 Å². The highest BCUT2D eigenvalue weighted by Crippen LogP contribution is 2.49. The number of aromatic nitrogens is 2. The third-order valence-corrected chi connectivity index (χ3v) is 9.59. The molecule has 218 valence electrons. The molecule has 1 atom stereocenters. The minimum atomic E-state index is 0.0830. The largest absolute Gasteiger partial charge is 0.232 e. The number of hydrogen-bond acceptors (Lipinski definition) is 2. The van der Waals surface area contributed by atoms with Gasteiger partial charge < -0.3 is 0 Å². The van der Waals surface area contributed by atoms with Gasteiger partial charge in [-0.15, -0.1) is 0 Å². The average Bonchev–Trinajstić information content (AvgIpc) is 3.47. The minimum Gasteiger partial charge on any atom is -0.232 e. The van der Waals surface area contributed by atoms with Gasteiger partial charge in [-0.25, -0.2) is 9.97 Å². The van der Waals surface area contributed by atoms with E-state index in [0.29, 0.717) is 0 Å². The molecule has 0 radical (unpaired) electrons. The Kier molecular flexibility index (Phi) is 6.45. The molecular weight excluding hydrogens is 556 g/mol. The molecule has 0 bridgehead atoms. The van der Waals surface area contributed by atoms with Crippen LogP contribution in [0.5, 0.6) is 0 Å². The lowest BCUT2D eigenvalue weighted by Crippen LogP contribution is -2.10. The highest BCUT2D eigenvalue weighted by atomic mass is 14.9. The van der Waals surface area contributed by atoms with E-state index in [-0.39, 0.29) is 5.92 Å². The Morgan fingerprint density at radius 1 is 0.500 bits per heavy atom. The van der Waals surface area contributed by atoms with Crippen LogP contribution in [-0.2, 0) is 0 Å². The van der Waals surface area contributed by atoms with Crippen molar-refractivity contribution in [3.8, 4) is 44.8 Å². The molecule has 0 fully saturated rings. The topological polar surface area (TPSA) is 25.8 Å². The van der Waals surface area contributed by atoms with Gasteiger partial charge in [-0.2, -0.15) is 0 Å². The Morgan fingerprint density at radius 2 is 1.13 bits per heavy atom. The summed E-state index contributed by atoms with van der Waals surface area (Å²) in [6.07, 6.45) is 16.8. The molecule has 0 N–H and O–H groups in total. The maximum Gasteiger partial charge on any atom is 0.136 e. The van der Waals surface area contributed by atoms with Gasteiger partial charge in [0.15, 0.2) is 0 Å². The third-order valence-electron chi connectivity index (χ3n) is 9.59. The van der Waals surface area contributed by atoms with E-state index < -0.39 is 0 Å². The van der Waals surface area contributed by atoms with Crippen molar-refractivity contribution in [3.63, 3.8) is 0 Å². The van der Waals surface area contributed by atoms with Crippen molar-refractivity contribution in [1.82, 2.24) is 9.97 Å². The van der Waals surface area contributed by atoms with Gasteiger partial charge in [0.2, 0.25) is 0 Å². The molecule has 2 nitrogen and oxygen atoms in total. The lowest BCUT2D eigenvalue weighted by Gasteiger charge is -2.22. The molecule has 0 saturated heterocycles. The molecule has 0 spiro atoms. The van der Waals surface area contributed by atoms with Crippen LogP contribution < -0.4 is 0 Å². The molecule has 5 aromatic carbocycles. The molecule has 0 aliphatic heterocycles. The van der Waals surface area contributed by atoms with E-state index in [1.807, 2.05) is 0 Å². The quantitative estimate of drug-likeness (QED) is 0.200. The summed E-state index contributed by atoms with van der Waals surface area (Å²) in [5.41, 5.74) is 14.4. The number of allylic oxidation sites excluding steroid dienone is 8. The van der Waals surface area contributed by atoms with Crippen LogP contribution in [-0.4, -0.2) is 9.97 Å². The lowest BCUT2D eigenvalue weighted by molar-refractivity contribution is 0.776. The van der Waals surface area contributed by atoms with E-state index in [9.17, 15) is 0 Å². The Bertz CT molecular complexity index is 2180. The zero-order valence-electron chi connectivity index (χ0n) is 25.5. The second-order valence-corrected chi connectivity index (χ2v) is 12.3. The Morgan fingerprint density at radius 3 is 1.76 bits per heavy atom. The maximum absolute atomic E-state index is 5.36. The summed E-state index contributed by atoms with van der Waals surface area (Å²) in [4.78, 5) is 10.7. The molecule has 2 heteroatoms. The second kappa shape index (κ2) is 11.1. The van der Waals surface area contributed by atoms with Crippen molar-refractivity contribution in [2.75, 3.05) is 0 Å². The van der Waals surface area contributed by atoms with Crippen LogP contribution in [0.3, 0.4) is 0 Å². The van der Waals surface area contributed by atoms with Gasteiger partial charge >= 0.3 is 0 Å². The Labute approximate surface area is 269 Å². The molecule has 3 aliphatic carbocycles. The summed E-state index contributed by atoms with van der Waals surface area (Å²) in [7, 11) is 0. The van der Waals surface area contributed by atoms with Crippen molar-refractivity contribution < 1.29 is 0 Å². The van der Waals surface area contributed by atoms with Crippen LogP contribution in [0.2, 0.25) is 0 Å². The van der Waals surface area contributed by atoms with Crippen molar-refractivity contribution in [2.45, 2.75) is 25.2 Å². The van der Waals surface area contributed by atoms with Crippen LogP contribution >= 0.6 is 0 Å². The van der Waals surface area contributed by atoms with Crippen molar-refractivity contribution >= 4 is 21.9 Å². The predicted molar refractivity (Wildman–Crippen MR) is 192 cm³/mol. The Hall–Kier alpha value is -5.60. The van der Waals surface area contributed by atoms with Crippen LogP contribution in [0.1, 0.15) is 42.1 Å². The molecule has 46 heavy (non-hydrogen) atoms. The van der Waals surface area contributed by atoms with Gasteiger partial charge in [0.1, 0.15) is 5.82 Å². The average molecular weight is 589 g/mol. The fourth-order valence-corrected chi connectivity index (χ4v) is 7.40. The number of benzene rings is 5. The first-order valence-corrected chi connectivity index (χ1v) is 16.3. The van der Waals surface area contributed by atoms with Gasteiger partial charge in [-0.05, 0) is 69.0 Å². The number of hydrogen-bond donors (Lipinski definition) is 0. The summed E-state index contributed by atoms with van der Waals surface area (Å²) >= 11 is 0. The molecule has 6 aromatic rings. The maximum atomic E-state index is 5.36. The van der Waals surface area contributed by atoms with Gasteiger partial charge in [0, 0.05) is 22.6 Å². The first-order chi connectivity index (χ1) is 22.8. The first kappa shape index (κ1) is 26.8. The standard InChI is InChI=1S/C44H32N2/c1-4-13-30(14-5-1)40-42(31-15-6-2-7-16-31)45-44(46-43(40)32-17-8-3-9-18-32)33-25-23-29(24-26-33)34-27-28-39-36-20-11-10-19-35(36)38-22-12-21-37(34)41(38)39/h2-4,6-25,27-28,33H,1,5,26H2. The molecule has 3 aliphatic rings. The molecule has 0 amide bonds. The van der Waals surface area contributed by atoms with Gasteiger partial charge in [-0.3, -0.25) is 0 Å². The number of fused-ring (bicyclic) bond motifs is 3. The van der Waals surface area contributed by atoms with E-state index in [4.69, 9.17) is 9.97 Å². The zero-order valence-corrected chi connectivity index (χ0v) is 25.5. The highest BCUT2D eigenvalue weighted by molar-refractivity contribution is 6.17. The summed E-state index contributed by atoms with van der Waals surface area (Å²) in [5, 5.41) is 2.68. The minimum absolute atomic E-state index is 0.0830. The molecule has 0 saturated carbocycles. The normalized spacial score (nSPS) is 16.3. The smallest absolute Gasteiger partial charge is 0.136 e. The van der Waals surface area contributed by atoms with Crippen LogP contribution in [0.15, 0.2) is 152 Å². The summed E-state index contributed by atoms with van der Waals surface area (Å²) < 4.78 is 0. The van der Waals surface area contributed by atoms with Crippen molar-refractivity contribution in [1.29, 1.82) is 0 Å². The summed E-state index contributed by atoms with van der Waals surface area (Å²) in [5.74, 6) is 0.948. The van der Waals surface area contributed by atoms with E-state index in [1.165, 1.54) is 49.7 Å². The van der Waals surface area contributed by atoms with Crippen molar-refractivity contribution in [2.24, 2.45) is 0 Å². The third kappa shape index (κ3) is 4.41. The van der Waals surface area contributed by atoms with Crippen molar-refractivity contribution in [3.05, 3.63) is 169 Å². The summed E-state index contributed by atoms with van der Waals surface area (Å²) in [6.45, 7) is 0. The van der Waals surface area contributed by atoms with E-state index >= 15 is 0 Å². The molecule has 1 aromatic heterocycles. The molecular formula is C44H32N2. The van der Waals surface area contributed by atoms with Crippen LogP contribution in [0.4, 0.5) is 0 Å². The monoisotopic (exact) mass is 588 g/mol. The summed E-state index contributed by atoms with van der Waals surface area (Å²) in [6, 6.07) is 41.3. The highest BCUT2D eigenvalue weighted by Gasteiger charge is 2.26. The first-order valence-electron chi connectivity index (χ1n) is 16.3. The zero-order chi connectivity index (χ0) is 30.5. The number of rotatable bonds is 5.